The average Bonchev–Trinajstić information content (AvgIpc) is 2.33. The number of phenols is 1. The summed E-state index contributed by atoms with van der Waals surface area (Å²) in [6.45, 7) is 0. The molecule has 0 fully saturated rings. The fourth-order valence-electron chi connectivity index (χ4n) is 1.20. The number of hydrogen-bond acceptors (Lipinski definition) is 5. The number of ether oxygens (including phenoxy) is 1. The quantitative estimate of drug-likeness (QED) is 0.649. The third-order valence-electron chi connectivity index (χ3n) is 2.01. The van der Waals surface area contributed by atoms with Crippen LogP contribution >= 0.6 is 0 Å². The first-order valence-electron chi connectivity index (χ1n) is 4.73. The van der Waals surface area contributed by atoms with Gasteiger partial charge in [-0.2, -0.15) is 0 Å². The molecule has 0 aliphatic heterocycles. The lowest BCUT2D eigenvalue weighted by atomic mass is 10.3. The maximum atomic E-state index is 10.4. The molecule has 86 valence electrons. The number of pyridine rings is 1. The number of benzene rings is 1. The molecule has 0 spiro atoms. The fourth-order valence-corrected chi connectivity index (χ4v) is 1.20. The summed E-state index contributed by atoms with van der Waals surface area (Å²) in [5, 5.41) is 19.9. The minimum absolute atomic E-state index is 0.0207. The molecule has 0 unspecified atom stereocenters. The minimum atomic E-state index is -0.545. The lowest BCUT2D eigenvalue weighted by Crippen LogP contribution is -1.91. The highest BCUT2D eigenvalue weighted by Crippen LogP contribution is 2.29. The van der Waals surface area contributed by atoms with Gasteiger partial charge in [-0.15, -0.1) is 0 Å². The van der Waals surface area contributed by atoms with Gasteiger partial charge in [-0.05, 0) is 12.1 Å². The van der Waals surface area contributed by atoms with E-state index in [0.717, 1.165) is 6.20 Å². The van der Waals surface area contributed by atoms with E-state index in [4.69, 9.17) is 4.74 Å². The van der Waals surface area contributed by atoms with Crippen LogP contribution in [0, 0.1) is 10.1 Å². The normalized spacial score (nSPS) is 9.88. The zero-order valence-electron chi connectivity index (χ0n) is 8.61. The van der Waals surface area contributed by atoms with Crippen molar-refractivity contribution in [3.8, 4) is 17.4 Å². The van der Waals surface area contributed by atoms with E-state index in [-0.39, 0.29) is 23.1 Å². The van der Waals surface area contributed by atoms with Gasteiger partial charge >= 0.3 is 0 Å². The SMILES string of the molecule is O=[N+]([O-])c1ccc(Oc2ccccc2O)nc1. The van der Waals surface area contributed by atoms with Crippen LogP contribution in [-0.4, -0.2) is 15.0 Å². The summed E-state index contributed by atoms with van der Waals surface area (Å²) < 4.78 is 5.26. The van der Waals surface area contributed by atoms with Gasteiger partial charge in [0.05, 0.1) is 4.92 Å². The Morgan fingerprint density at radius 2 is 2.00 bits per heavy atom. The molecule has 0 bridgehead atoms. The van der Waals surface area contributed by atoms with Crippen LogP contribution in [0.3, 0.4) is 0 Å². The molecule has 1 heterocycles. The van der Waals surface area contributed by atoms with Crippen LogP contribution in [0.1, 0.15) is 0 Å². The highest BCUT2D eigenvalue weighted by Gasteiger charge is 2.07. The van der Waals surface area contributed by atoms with Gasteiger partial charge in [-0.1, -0.05) is 12.1 Å². The van der Waals surface area contributed by atoms with Crippen molar-refractivity contribution in [1.82, 2.24) is 4.98 Å². The lowest BCUT2D eigenvalue weighted by molar-refractivity contribution is -0.385. The average molecular weight is 232 g/mol. The van der Waals surface area contributed by atoms with Gasteiger partial charge < -0.3 is 9.84 Å². The third kappa shape index (κ3) is 2.49. The van der Waals surface area contributed by atoms with Crippen LogP contribution in [0.5, 0.6) is 17.4 Å². The van der Waals surface area contributed by atoms with Gasteiger partial charge in [-0.25, -0.2) is 4.98 Å². The Bertz CT molecular complexity index is 539. The summed E-state index contributed by atoms with van der Waals surface area (Å²) in [7, 11) is 0. The number of phenolic OH excluding ortho intramolecular Hbond substituents is 1. The predicted octanol–water partition coefficient (Wildman–Crippen LogP) is 2.49. The number of aromatic hydroxyl groups is 1. The molecule has 0 amide bonds. The number of para-hydroxylation sites is 2. The summed E-state index contributed by atoms with van der Waals surface area (Å²) in [5.41, 5.74) is -0.116. The molecule has 6 nitrogen and oxygen atoms in total. The first-order valence-corrected chi connectivity index (χ1v) is 4.73. The largest absolute Gasteiger partial charge is 0.504 e. The van der Waals surface area contributed by atoms with Gasteiger partial charge in [0.15, 0.2) is 11.5 Å². The topological polar surface area (TPSA) is 85.5 Å². The van der Waals surface area contributed by atoms with Crippen molar-refractivity contribution in [2.75, 3.05) is 0 Å². The highest BCUT2D eigenvalue weighted by atomic mass is 16.6. The Morgan fingerprint density at radius 3 is 2.59 bits per heavy atom. The van der Waals surface area contributed by atoms with Crippen LogP contribution in [-0.2, 0) is 0 Å². The van der Waals surface area contributed by atoms with E-state index in [1.165, 1.54) is 18.2 Å². The van der Waals surface area contributed by atoms with Crippen LogP contribution < -0.4 is 4.74 Å². The second-order valence-electron chi connectivity index (χ2n) is 3.18. The lowest BCUT2D eigenvalue weighted by Gasteiger charge is -2.05. The fraction of sp³-hybridized carbons (Fsp3) is 0. The number of hydrogen-bond donors (Lipinski definition) is 1. The Hall–Kier alpha value is -2.63. The summed E-state index contributed by atoms with van der Waals surface area (Å²) >= 11 is 0. The molecule has 0 atom stereocenters. The molecule has 1 N–H and O–H groups in total. The molecular formula is C11H8N2O4. The molecule has 0 aliphatic carbocycles. The smallest absolute Gasteiger partial charge is 0.287 e. The molecule has 1 aromatic carbocycles. The number of rotatable bonds is 3. The van der Waals surface area contributed by atoms with E-state index < -0.39 is 4.92 Å². The maximum Gasteiger partial charge on any atom is 0.287 e. The zero-order valence-corrected chi connectivity index (χ0v) is 8.61. The molecule has 2 aromatic rings. The van der Waals surface area contributed by atoms with Crippen LogP contribution in [0.25, 0.3) is 0 Å². The summed E-state index contributed by atoms with van der Waals surface area (Å²) in [6, 6.07) is 9.04. The number of aromatic nitrogens is 1. The van der Waals surface area contributed by atoms with E-state index in [0.29, 0.717) is 0 Å². The Morgan fingerprint density at radius 1 is 1.24 bits per heavy atom. The molecule has 2 rings (SSSR count). The van der Waals surface area contributed by atoms with Crippen LogP contribution in [0.15, 0.2) is 42.6 Å². The minimum Gasteiger partial charge on any atom is -0.504 e. The third-order valence-corrected chi connectivity index (χ3v) is 2.01. The number of nitrogens with zero attached hydrogens (tertiary/aromatic N) is 2. The van der Waals surface area contributed by atoms with Crippen LogP contribution in [0.4, 0.5) is 5.69 Å². The first kappa shape index (κ1) is 10.9. The van der Waals surface area contributed by atoms with Crippen molar-refractivity contribution in [3.05, 3.63) is 52.7 Å². The van der Waals surface area contributed by atoms with Crippen molar-refractivity contribution in [3.63, 3.8) is 0 Å². The Kier molecular flexibility index (Phi) is 2.87. The Balaban J connectivity index is 2.20. The van der Waals surface area contributed by atoms with E-state index >= 15 is 0 Å². The monoisotopic (exact) mass is 232 g/mol. The second-order valence-corrected chi connectivity index (χ2v) is 3.18. The van der Waals surface area contributed by atoms with Gasteiger partial charge in [0.1, 0.15) is 6.20 Å². The van der Waals surface area contributed by atoms with Gasteiger partial charge in [0.25, 0.3) is 5.69 Å². The van der Waals surface area contributed by atoms with E-state index in [1.807, 2.05) is 0 Å². The van der Waals surface area contributed by atoms with E-state index in [9.17, 15) is 15.2 Å². The molecule has 0 aliphatic rings. The molecule has 0 radical (unpaired) electrons. The summed E-state index contributed by atoms with van der Waals surface area (Å²) in [4.78, 5) is 13.6. The predicted molar refractivity (Wildman–Crippen MR) is 59.1 cm³/mol. The molecule has 0 saturated carbocycles. The maximum absolute atomic E-state index is 10.4. The second kappa shape index (κ2) is 4.48. The highest BCUT2D eigenvalue weighted by molar-refractivity contribution is 5.41. The first-order chi connectivity index (χ1) is 8.16. The summed E-state index contributed by atoms with van der Waals surface area (Å²) in [6.07, 6.45) is 1.09. The molecule has 17 heavy (non-hydrogen) atoms. The van der Waals surface area contributed by atoms with Crippen molar-refractivity contribution < 1.29 is 14.8 Å². The number of nitro groups is 1. The van der Waals surface area contributed by atoms with Gasteiger partial charge in [0, 0.05) is 12.1 Å². The molecular weight excluding hydrogens is 224 g/mol. The van der Waals surface area contributed by atoms with Crippen molar-refractivity contribution in [2.45, 2.75) is 0 Å². The van der Waals surface area contributed by atoms with Gasteiger partial charge in [0.2, 0.25) is 5.88 Å². The molecule has 1 aromatic heterocycles. The van der Waals surface area contributed by atoms with Crippen molar-refractivity contribution >= 4 is 5.69 Å². The Labute approximate surface area is 96.3 Å². The van der Waals surface area contributed by atoms with Gasteiger partial charge in [-0.3, -0.25) is 10.1 Å². The van der Waals surface area contributed by atoms with Crippen molar-refractivity contribution in [2.24, 2.45) is 0 Å². The molecule has 6 heteroatoms. The standard InChI is InChI=1S/C11H8N2O4/c14-9-3-1-2-4-10(9)17-11-6-5-8(7-12-11)13(15)16/h1-7,14H. The van der Waals surface area contributed by atoms with Crippen LogP contribution in [0.2, 0.25) is 0 Å². The zero-order chi connectivity index (χ0) is 12.3. The van der Waals surface area contributed by atoms with Crippen molar-refractivity contribution in [1.29, 1.82) is 0 Å². The molecule has 0 saturated heterocycles. The summed E-state index contributed by atoms with van der Waals surface area (Å²) in [5.74, 6) is 0.401. The van der Waals surface area contributed by atoms with E-state index in [1.54, 1.807) is 18.2 Å². The van der Waals surface area contributed by atoms with E-state index in [2.05, 4.69) is 4.98 Å².